The Morgan fingerprint density at radius 1 is 1.56 bits per heavy atom. The number of nitrogens with zero attached hydrogens (tertiary/aromatic N) is 1. The van der Waals surface area contributed by atoms with Crippen molar-refractivity contribution >= 4 is 34.7 Å². The minimum Gasteiger partial charge on any atom is -0.376 e. The summed E-state index contributed by atoms with van der Waals surface area (Å²) in [7, 11) is 0. The van der Waals surface area contributed by atoms with Crippen LogP contribution in [0.25, 0.3) is 0 Å². The third kappa shape index (κ3) is 2.22. The number of hydrogen-bond acceptors (Lipinski definition) is 2. The van der Waals surface area contributed by atoms with Crippen molar-refractivity contribution in [2.24, 2.45) is 5.73 Å². The van der Waals surface area contributed by atoms with Gasteiger partial charge in [-0.1, -0.05) is 6.07 Å². The fourth-order valence-corrected chi connectivity index (χ4v) is 1.73. The maximum absolute atomic E-state index is 11.5. The SMILES string of the molecule is NC(=S)Nc1cccc(N2CCNC2=O)c1. The number of urea groups is 1. The molecule has 0 spiro atoms. The minimum atomic E-state index is -0.0764. The zero-order chi connectivity index (χ0) is 11.5. The highest BCUT2D eigenvalue weighted by Crippen LogP contribution is 2.20. The molecule has 4 N–H and O–H groups in total. The standard InChI is InChI=1S/C10H12N4OS/c11-9(16)13-7-2-1-3-8(6-7)14-5-4-12-10(14)15/h1-3,6H,4-5H2,(H,12,15)(H3,11,13,16). The van der Waals surface area contributed by atoms with Crippen LogP contribution in [0.4, 0.5) is 16.2 Å². The second-order valence-corrected chi connectivity index (χ2v) is 3.86. The Bertz CT molecular complexity index is 435. The van der Waals surface area contributed by atoms with E-state index in [1.165, 1.54) is 0 Å². The molecule has 6 heteroatoms. The Hall–Kier alpha value is -1.82. The fraction of sp³-hybridized carbons (Fsp3) is 0.200. The molecule has 2 rings (SSSR count). The largest absolute Gasteiger partial charge is 0.376 e. The first kappa shape index (κ1) is 10.7. The summed E-state index contributed by atoms with van der Waals surface area (Å²) in [5.74, 6) is 0. The van der Waals surface area contributed by atoms with Crippen LogP contribution in [-0.2, 0) is 0 Å². The lowest BCUT2D eigenvalue weighted by atomic mass is 10.2. The first-order valence-electron chi connectivity index (χ1n) is 4.89. The number of rotatable bonds is 2. The van der Waals surface area contributed by atoms with Gasteiger partial charge in [-0.25, -0.2) is 4.79 Å². The Morgan fingerprint density at radius 2 is 2.38 bits per heavy atom. The molecule has 5 nitrogen and oxygen atoms in total. The molecule has 1 aliphatic heterocycles. The van der Waals surface area contributed by atoms with E-state index in [4.69, 9.17) is 18.0 Å². The quantitative estimate of drug-likeness (QED) is 0.666. The maximum atomic E-state index is 11.5. The van der Waals surface area contributed by atoms with Crippen LogP contribution in [-0.4, -0.2) is 24.2 Å². The highest BCUT2D eigenvalue weighted by molar-refractivity contribution is 7.80. The van der Waals surface area contributed by atoms with E-state index in [9.17, 15) is 4.79 Å². The summed E-state index contributed by atoms with van der Waals surface area (Å²) in [5, 5.41) is 5.79. The molecule has 0 atom stereocenters. The molecule has 0 aliphatic carbocycles. The Kier molecular flexibility index (Phi) is 2.91. The number of amides is 2. The zero-order valence-electron chi connectivity index (χ0n) is 8.56. The van der Waals surface area contributed by atoms with Crippen LogP contribution in [0.3, 0.4) is 0 Å². The van der Waals surface area contributed by atoms with Crippen molar-refractivity contribution in [3.8, 4) is 0 Å². The summed E-state index contributed by atoms with van der Waals surface area (Å²) < 4.78 is 0. The molecule has 0 bridgehead atoms. The molecule has 0 radical (unpaired) electrons. The lowest BCUT2D eigenvalue weighted by Crippen LogP contribution is -2.27. The van der Waals surface area contributed by atoms with Gasteiger partial charge in [0.1, 0.15) is 0 Å². The van der Waals surface area contributed by atoms with Crippen molar-refractivity contribution in [1.29, 1.82) is 0 Å². The number of thiocarbonyl (C=S) groups is 1. The molecule has 1 saturated heterocycles. The number of benzene rings is 1. The van der Waals surface area contributed by atoms with E-state index in [0.29, 0.717) is 13.1 Å². The predicted molar refractivity (Wildman–Crippen MR) is 67.6 cm³/mol. The normalized spacial score (nSPS) is 14.8. The third-order valence-electron chi connectivity index (χ3n) is 2.28. The summed E-state index contributed by atoms with van der Waals surface area (Å²) in [6.07, 6.45) is 0. The van der Waals surface area contributed by atoms with Gasteiger partial charge in [0.25, 0.3) is 0 Å². The lowest BCUT2D eigenvalue weighted by molar-refractivity contribution is 0.252. The summed E-state index contributed by atoms with van der Waals surface area (Å²) >= 11 is 4.75. The molecule has 1 fully saturated rings. The van der Waals surface area contributed by atoms with Crippen LogP contribution in [0.5, 0.6) is 0 Å². The van der Waals surface area contributed by atoms with Crippen molar-refractivity contribution in [2.45, 2.75) is 0 Å². The van der Waals surface area contributed by atoms with Gasteiger partial charge in [0.2, 0.25) is 0 Å². The summed E-state index contributed by atoms with van der Waals surface area (Å²) in [5.41, 5.74) is 6.99. The van der Waals surface area contributed by atoms with Gasteiger partial charge in [-0.2, -0.15) is 0 Å². The van der Waals surface area contributed by atoms with E-state index in [-0.39, 0.29) is 11.1 Å². The van der Waals surface area contributed by atoms with Gasteiger partial charge < -0.3 is 16.4 Å². The molecule has 1 heterocycles. The van der Waals surface area contributed by atoms with Crippen LogP contribution in [0.15, 0.2) is 24.3 Å². The molecule has 1 aromatic rings. The van der Waals surface area contributed by atoms with Crippen LogP contribution < -0.4 is 21.3 Å². The Balaban J connectivity index is 2.21. The average Bonchev–Trinajstić information content (AvgIpc) is 2.64. The van der Waals surface area contributed by atoms with Crippen molar-refractivity contribution in [3.05, 3.63) is 24.3 Å². The molecule has 1 aliphatic rings. The molecular formula is C10H12N4OS. The van der Waals surface area contributed by atoms with Crippen molar-refractivity contribution in [2.75, 3.05) is 23.3 Å². The molecular weight excluding hydrogens is 224 g/mol. The highest BCUT2D eigenvalue weighted by Gasteiger charge is 2.20. The van der Waals surface area contributed by atoms with Gasteiger partial charge >= 0.3 is 6.03 Å². The van der Waals surface area contributed by atoms with Crippen LogP contribution in [0.1, 0.15) is 0 Å². The molecule has 1 aromatic carbocycles. The van der Waals surface area contributed by atoms with E-state index in [1.807, 2.05) is 24.3 Å². The lowest BCUT2D eigenvalue weighted by Gasteiger charge is -2.15. The van der Waals surface area contributed by atoms with Gasteiger partial charge in [-0.3, -0.25) is 4.90 Å². The average molecular weight is 236 g/mol. The summed E-state index contributed by atoms with van der Waals surface area (Å²) in [6.45, 7) is 1.35. The van der Waals surface area contributed by atoms with Crippen molar-refractivity contribution in [1.82, 2.24) is 5.32 Å². The van der Waals surface area contributed by atoms with Crippen LogP contribution in [0, 0.1) is 0 Å². The number of anilines is 2. The van der Waals surface area contributed by atoms with Gasteiger partial charge in [0.05, 0.1) is 0 Å². The van der Waals surface area contributed by atoms with Crippen molar-refractivity contribution in [3.63, 3.8) is 0 Å². The van der Waals surface area contributed by atoms with E-state index < -0.39 is 0 Å². The second kappa shape index (κ2) is 4.36. The molecule has 16 heavy (non-hydrogen) atoms. The van der Waals surface area contributed by atoms with Gasteiger partial charge in [-0.05, 0) is 30.4 Å². The van der Waals surface area contributed by atoms with Crippen LogP contribution in [0.2, 0.25) is 0 Å². The monoisotopic (exact) mass is 236 g/mol. The van der Waals surface area contributed by atoms with E-state index in [1.54, 1.807) is 4.90 Å². The number of nitrogens with one attached hydrogen (secondary N) is 2. The Morgan fingerprint density at radius 3 is 3.00 bits per heavy atom. The van der Waals surface area contributed by atoms with Gasteiger partial charge in [-0.15, -0.1) is 0 Å². The second-order valence-electron chi connectivity index (χ2n) is 3.42. The van der Waals surface area contributed by atoms with E-state index in [2.05, 4.69) is 10.6 Å². The molecule has 2 amide bonds. The predicted octanol–water partition coefficient (Wildman–Crippen LogP) is 0.872. The van der Waals surface area contributed by atoms with E-state index in [0.717, 1.165) is 11.4 Å². The van der Waals surface area contributed by atoms with E-state index >= 15 is 0 Å². The molecule has 0 unspecified atom stereocenters. The number of hydrogen-bond donors (Lipinski definition) is 3. The van der Waals surface area contributed by atoms with Crippen molar-refractivity contribution < 1.29 is 4.79 Å². The van der Waals surface area contributed by atoms with Gasteiger partial charge in [0.15, 0.2) is 5.11 Å². The Labute approximate surface area is 98.6 Å². The number of carbonyl (C=O) groups is 1. The zero-order valence-corrected chi connectivity index (χ0v) is 9.38. The molecule has 0 saturated carbocycles. The molecule has 0 aromatic heterocycles. The smallest absolute Gasteiger partial charge is 0.321 e. The number of carbonyl (C=O) groups excluding carboxylic acids is 1. The first-order chi connectivity index (χ1) is 7.66. The summed E-state index contributed by atoms with van der Waals surface area (Å²) in [4.78, 5) is 13.1. The fourth-order valence-electron chi connectivity index (χ4n) is 1.61. The topological polar surface area (TPSA) is 70.4 Å². The third-order valence-corrected chi connectivity index (χ3v) is 2.38. The molecule has 84 valence electrons. The minimum absolute atomic E-state index is 0.0764. The van der Waals surface area contributed by atoms with Crippen LogP contribution >= 0.6 is 12.2 Å². The maximum Gasteiger partial charge on any atom is 0.321 e. The highest BCUT2D eigenvalue weighted by atomic mass is 32.1. The first-order valence-corrected chi connectivity index (χ1v) is 5.29. The van der Waals surface area contributed by atoms with Gasteiger partial charge in [0, 0.05) is 24.5 Å². The number of nitrogens with two attached hydrogens (primary N) is 1. The summed E-state index contributed by atoms with van der Waals surface area (Å²) in [6, 6.07) is 7.32.